The Hall–Kier alpha value is -0.890. The van der Waals surface area contributed by atoms with E-state index in [0.717, 1.165) is 10.5 Å². The highest BCUT2D eigenvalue weighted by Crippen LogP contribution is 2.07. The highest BCUT2D eigenvalue weighted by molar-refractivity contribution is 7.84. The molecule has 0 heterocycles. The first-order valence-corrected chi connectivity index (χ1v) is 4.86. The molecule has 1 nitrogen and oxygen atoms in total. The summed E-state index contributed by atoms with van der Waals surface area (Å²) < 4.78 is 10.9. The molecule has 1 aromatic rings. The average molecular weight is 166 g/mol. The maximum absolute atomic E-state index is 10.9. The van der Waals surface area contributed by atoms with E-state index in [1.807, 2.05) is 24.3 Å². The standard InChI is InChI=1S/C9H10OS/c1-3-8-4-6-9(7-5-8)11(2)10/h3-7H,1H2,2H3/t11-/m1/s1. The topological polar surface area (TPSA) is 17.1 Å². The lowest BCUT2D eigenvalue weighted by molar-refractivity contribution is 0.687. The number of rotatable bonds is 2. The van der Waals surface area contributed by atoms with E-state index in [1.54, 1.807) is 12.3 Å². The first-order valence-electron chi connectivity index (χ1n) is 3.30. The summed E-state index contributed by atoms with van der Waals surface area (Å²) in [6.45, 7) is 3.63. The van der Waals surface area contributed by atoms with Gasteiger partial charge in [0.2, 0.25) is 0 Å². The van der Waals surface area contributed by atoms with Gasteiger partial charge in [0, 0.05) is 22.0 Å². The Labute approximate surface area is 69.2 Å². The van der Waals surface area contributed by atoms with Crippen molar-refractivity contribution in [3.8, 4) is 0 Å². The minimum Gasteiger partial charge on any atom is -0.255 e. The van der Waals surface area contributed by atoms with Crippen LogP contribution in [0.4, 0.5) is 0 Å². The van der Waals surface area contributed by atoms with E-state index in [-0.39, 0.29) is 0 Å². The van der Waals surface area contributed by atoms with Gasteiger partial charge in [-0.2, -0.15) is 0 Å². The molecule has 2 heteroatoms. The van der Waals surface area contributed by atoms with Crippen LogP contribution in [-0.4, -0.2) is 10.5 Å². The molecular formula is C9H10OS. The Morgan fingerprint density at radius 2 is 1.91 bits per heavy atom. The van der Waals surface area contributed by atoms with Gasteiger partial charge >= 0.3 is 0 Å². The van der Waals surface area contributed by atoms with Crippen LogP contribution in [0.25, 0.3) is 6.08 Å². The second-order valence-corrected chi connectivity index (χ2v) is 3.61. The zero-order valence-electron chi connectivity index (χ0n) is 6.41. The molecule has 1 rings (SSSR count). The third kappa shape index (κ3) is 2.02. The van der Waals surface area contributed by atoms with Gasteiger partial charge in [0.1, 0.15) is 0 Å². The smallest absolute Gasteiger partial charge is 0.0498 e. The van der Waals surface area contributed by atoms with Gasteiger partial charge < -0.3 is 0 Å². The molecule has 0 spiro atoms. The Bertz CT molecular complexity index is 274. The van der Waals surface area contributed by atoms with Crippen LogP contribution in [0.2, 0.25) is 0 Å². The summed E-state index contributed by atoms with van der Waals surface area (Å²) in [7, 11) is -0.874. The molecule has 0 aliphatic rings. The lowest BCUT2D eigenvalue weighted by atomic mass is 10.2. The van der Waals surface area contributed by atoms with Crippen molar-refractivity contribution in [2.45, 2.75) is 4.90 Å². The van der Waals surface area contributed by atoms with Gasteiger partial charge in [-0.25, -0.2) is 0 Å². The zero-order valence-corrected chi connectivity index (χ0v) is 7.23. The molecule has 0 saturated heterocycles. The number of hydrogen-bond donors (Lipinski definition) is 0. The van der Waals surface area contributed by atoms with Crippen molar-refractivity contribution in [3.63, 3.8) is 0 Å². The van der Waals surface area contributed by atoms with Gasteiger partial charge in [0.15, 0.2) is 0 Å². The Kier molecular flexibility index (Phi) is 2.60. The lowest BCUT2D eigenvalue weighted by Crippen LogP contribution is -1.85. The van der Waals surface area contributed by atoms with E-state index in [0.29, 0.717) is 0 Å². The average Bonchev–Trinajstić information content (AvgIpc) is 2.05. The molecule has 0 radical (unpaired) electrons. The molecule has 0 aliphatic carbocycles. The molecule has 1 aromatic carbocycles. The van der Waals surface area contributed by atoms with Crippen molar-refractivity contribution in [3.05, 3.63) is 36.4 Å². The molecule has 58 valence electrons. The summed E-state index contributed by atoms with van der Waals surface area (Å²) in [5.41, 5.74) is 1.05. The van der Waals surface area contributed by atoms with Crippen LogP contribution in [0.5, 0.6) is 0 Å². The largest absolute Gasteiger partial charge is 0.255 e. The van der Waals surface area contributed by atoms with Crippen molar-refractivity contribution in [2.24, 2.45) is 0 Å². The van der Waals surface area contributed by atoms with E-state index in [4.69, 9.17) is 0 Å². The van der Waals surface area contributed by atoms with Crippen LogP contribution in [-0.2, 0) is 10.8 Å². The molecule has 1 atom stereocenters. The van der Waals surface area contributed by atoms with Crippen molar-refractivity contribution >= 4 is 16.9 Å². The summed E-state index contributed by atoms with van der Waals surface area (Å²) in [5.74, 6) is 0. The summed E-state index contributed by atoms with van der Waals surface area (Å²) >= 11 is 0. The number of benzene rings is 1. The van der Waals surface area contributed by atoms with Gasteiger partial charge in [-0.1, -0.05) is 24.8 Å². The van der Waals surface area contributed by atoms with Gasteiger partial charge in [-0.3, -0.25) is 4.21 Å². The van der Waals surface area contributed by atoms with E-state index < -0.39 is 10.8 Å². The summed E-state index contributed by atoms with van der Waals surface area (Å²) in [5, 5.41) is 0. The van der Waals surface area contributed by atoms with Crippen LogP contribution in [0, 0.1) is 0 Å². The quantitative estimate of drug-likeness (QED) is 0.657. The van der Waals surface area contributed by atoms with Crippen molar-refractivity contribution in [1.29, 1.82) is 0 Å². The van der Waals surface area contributed by atoms with Crippen LogP contribution in [0.1, 0.15) is 5.56 Å². The maximum Gasteiger partial charge on any atom is 0.0498 e. The number of hydrogen-bond acceptors (Lipinski definition) is 1. The highest BCUT2D eigenvalue weighted by Gasteiger charge is 1.94. The monoisotopic (exact) mass is 166 g/mol. The molecule has 0 unspecified atom stereocenters. The normalized spacial score (nSPS) is 12.5. The van der Waals surface area contributed by atoms with Gasteiger partial charge in [0.05, 0.1) is 0 Å². The van der Waals surface area contributed by atoms with Crippen molar-refractivity contribution in [2.75, 3.05) is 6.26 Å². The van der Waals surface area contributed by atoms with Crippen molar-refractivity contribution in [1.82, 2.24) is 0 Å². The lowest BCUT2D eigenvalue weighted by Gasteiger charge is -1.95. The minimum atomic E-state index is -0.874. The van der Waals surface area contributed by atoms with Crippen LogP contribution in [0.15, 0.2) is 35.7 Å². The van der Waals surface area contributed by atoms with Crippen LogP contribution < -0.4 is 0 Å². The summed E-state index contributed by atoms with van der Waals surface area (Å²) in [6.07, 6.45) is 3.44. The Morgan fingerprint density at radius 3 is 2.27 bits per heavy atom. The van der Waals surface area contributed by atoms with E-state index in [9.17, 15) is 4.21 Å². The highest BCUT2D eigenvalue weighted by atomic mass is 32.2. The van der Waals surface area contributed by atoms with Crippen LogP contribution >= 0.6 is 0 Å². The molecule has 11 heavy (non-hydrogen) atoms. The molecule has 0 amide bonds. The first-order chi connectivity index (χ1) is 5.24. The fourth-order valence-corrected chi connectivity index (χ4v) is 1.31. The molecule has 0 bridgehead atoms. The Balaban J connectivity index is 3.00. The van der Waals surface area contributed by atoms with E-state index in [2.05, 4.69) is 6.58 Å². The van der Waals surface area contributed by atoms with Gasteiger partial charge in [-0.05, 0) is 17.7 Å². The third-order valence-corrected chi connectivity index (χ3v) is 2.38. The van der Waals surface area contributed by atoms with E-state index in [1.165, 1.54) is 0 Å². The van der Waals surface area contributed by atoms with E-state index >= 15 is 0 Å². The van der Waals surface area contributed by atoms with Gasteiger partial charge in [-0.15, -0.1) is 0 Å². The zero-order chi connectivity index (χ0) is 8.27. The first kappa shape index (κ1) is 8.21. The molecule has 0 N–H and O–H groups in total. The third-order valence-electron chi connectivity index (χ3n) is 1.45. The Morgan fingerprint density at radius 1 is 1.36 bits per heavy atom. The molecule has 0 saturated carbocycles. The maximum atomic E-state index is 10.9. The van der Waals surface area contributed by atoms with Crippen LogP contribution in [0.3, 0.4) is 0 Å². The second-order valence-electron chi connectivity index (χ2n) is 2.23. The fourth-order valence-electron chi connectivity index (χ4n) is 0.796. The molecular weight excluding hydrogens is 156 g/mol. The predicted molar refractivity (Wildman–Crippen MR) is 48.9 cm³/mol. The molecule has 0 aromatic heterocycles. The predicted octanol–water partition coefficient (Wildman–Crippen LogP) is 2.07. The second kappa shape index (κ2) is 3.49. The minimum absolute atomic E-state index is 0.857. The summed E-state index contributed by atoms with van der Waals surface area (Å²) in [6, 6.07) is 7.52. The molecule has 0 aliphatic heterocycles. The fraction of sp³-hybridized carbons (Fsp3) is 0.111. The molecule has 0 fully saturated rings. The summed E-state index contributed by atoms with van der Waals surface area (Å²) in [4.78, 5) is 0.857. The van der Waals surface area contributed by atoms with Crippen molar-refractivity contribution < 1.29 is 4.21 Å². The SMILES string of the molecule is C=Cc1ccc([S@@](C)=O)cc1. The van der Waals surface area contributed by atoms with Gasteiger partial charge in [0.25, 0.3) is 0 Å².